The Morgan fingerprint density at radius 3 is 2.56 bits per heavy atom. The lowest BCUT2D eigenvalue weighted by atomic mass is 9.88. The second kappa shape index (κ2) is 6.02. The van der Waals surface area contributed by atoms with Gasteiger partial charge in [-0.2, -0.15) is 0 Å². The molecule has 2 fully saturated rings. The molecule has 0 heterocycles. The summed E-state index contributed by atoms with van der Waals surface area (Å²) in [6, 6.07) is 0. The molecule has 0 amide bonds. The Kier molecular flexibility index (Phi) is 4.66. The van der Waals surface area contributed by atoms with E-state index in [-0.39, 0.29) is 6.10 Å². The van der Waals surface area contributed by atoms with Crippen LogP contribution in [0.2, 0.25) is 0 Å². The van der Waals surface area contributed by atoms with Crippen molar-refractivity contribution in [3.8, 4) is 0 Å². The molecule has 0 aliphatic heterocycles. The van der Waals surface area contributed by atoms with Crippen LogP contribution >= 0.6 is 0 Å². The zero-order valence-electron chi connectivity index (χ0n) is 10.5. The quantitative estimate of drug-likeness (QED) is 0.798. The molecule has 0 aromatic rings. The first-order valence-corrected chi connectivity index (χ1v) is 7.07. The van der Waals surface area contributed by atoms with Crippen LogP contribution in [-0.4, -0.2) is 23.9 Å². The van der Waals surface area contributed by atoms with E-state index in [4.69, 9.17) is 4.74 Å². The van der Waals surface area contributed by atoms with Crippen molar-refractivity contribution in [2.45, 2.75) is 70.5 Å². The van der Waals surface area contributed by atoms with Gasteiger partial charge in [-0.1, -0.05) is 26.2 Å². The van der Waals surface area contributed by atoms with Crippen molar-refractivity contribution in [3.63, 3.8) is 0 Å². The summed E-state index contributed by atoms with van der Waals surface area (Å²) in [5.41, 5.74) is 0. The van der Waals surface area contributed by atoms with Gasteiger partial charge in [0.05, 0.1) is 12.2 Å². The first kappa shape index (κ1) is 12.4. The summed E-state index contributed by atoms with van der Waals surface area (Å²) in [6.07, 6.45) is 10.2. The van der Waals surface area contributed by atoms with E-state index in [2.05, 4.69) is 6.92 Å². The first-order valence-electron chi connectivity index (χ1n) is 7.07. The fourth-order valence-electron chi connectivity index (χ4n) is 3.25. The van der Waals surface area contributed by atoms with Gasteiger partial charge in [-0.15, -0.1) is 0 Å². The van der Waals surface area contributed by atoms with Crippen LogP contribution in [0.3, 0.4) is 0 Å². The average Bonchev–Trinajstić information content (AvgIpc) is 2.67. The minimum atomic E-state index is -0.0487. The number of ether oxygens (including phenoxy) is 1. The first-order chi connectivity index (χ1) is 7.77. The molecule has 2 heteroatoms. The molecule has 0 saturated heterocycles. The van der Waals surface area contributed by atoms with Crippen LogP contribution in [0.15, 0.2) is 0 Å². The molecule has 0 spiro atoms. The highest BCUT2D eigenvalue weighted by atomic mass is 16.5. The second-order valence-electron chi connectivity index (χ2n) is 5.72. The summed E-state index contributed by atoms with van der Waals surface area (Å²) >= 11 is 0. The van der Waals surface area contributed by atoms with Crippen LogP contribution in [0, 0.1) is 11.8 Å². The van der Waals surface area contributed by atoms with Crippen molar-refractivity contribution in [3.05, 3.63) is 0 Å². The topological polar surface area (TPSA) is 29.5 Å². The summed E-state index contributed by atoms with van der Waals surface area (Å²) in [5.74, 6) is 1.25. The summed E-state index contributed by atoms with van der Waals surface area (Å²) in [6.45, 7) is 3.17. The molecule has 0 aromatic heterocycles. The van der Waals surface area contributed by atoms with Crippen LogP contribution in [0.1, 0.15) is 58.3 Å². The SMILES string of the molecule is CC1CCCCC1OCCC1CCCC1O. The van der Waals surface area contributed by atoms with Crippen LogP contribution in [0.4, 0.5) is 0 Å². The smallest absolute Gasteiger partial charge is 0.0600 e. The largest absolute Gasteiger partial charge is 0.393 e. The summed E-state index contributed by atoms with van der Waals surface area (Å²) < 4.78 is 5.99. The molecule has 94 valence electrons. The van der Waals surface area contributed by atoms with Gasteiger partial charge in [0.1, 0.15) is 0 Å². The van der Waals surface area contributed by atoms with Gasteiger partial charge in [0.2, 0.25) is 0 Å². The lowest BCUT2D eigenvalue weighted by Crippen LogP contribution is -2.27. The third-order valence-electron chi connectivity index (χ3n) is 4.47. The molecular weight excluding hydrogens is 200 g/mol. The third-order valence-corrected chi connectivity index (χ3v) is 4.47. The Morgan fingerprint density at radius 2 is 1.88 bits per heavy atom. The highest BCUT2D eigenvalue weighted by molar-refractivity contribution is 4.77. The molecule has 2 rings (SSSR count). The minimum absolute atomic E-state index is 0.0487. The van der Waals surface area contributed by atoms with E-state index < -0.39 is 0 Å². The number of rotatable bonds is 4. The van der Waals surface area contributed by atoms with Crippen LogP contribution in [0.5, 0.6) is 0 Å². The highest BCUT2D eigenvalue weighted by Crippen LogP contribution is 2.30. The van der Waals surface area contributed by atoms with Gasteiger partial charge in [-0.3, -0.25) is 0 Å². The number of hydrogen-bond donors (Lipinski definition) is 1. The molecule has 2 aliphatic carbocycles. The maximum absolute atomic E-state index is 9.72. The minimum Gasteiger partial charge on any atom is -0.393 e. The van der Waals surface area contributed by atoms with Gasteiger partial charge >= 0.3 is 0 Å². The van der Waals surface area contributed by atoms with Gasteiger partial charge in [-0.05, 0) is 43.9 Å². The molecule has 16 heavy (non-hydrogen) atoms. The predicted octanol–water partition coefficient (Wildman–Crippen LogP) is 3.13. The molecular formula is C14H26O2. The molecule has 0 bridgehead atoms. The van der Waals surface area contributed by atoms with Crippen molar-refractivity contribution < 1.29 is 9.84 Å². The van der Waals surface area contributed by atoms with E-state index in [1.54, 1.807) is 0 Å². The Morgan fingerprint density at radius 1 is 1.06 bits per heavy atom. The van der Waals surface area contributed by atoms with Crippen molar-refractivity contribution >= 4 is 0 Å². The average molecular weight is 226 g/mol. The maximum Gasteiger partial charge on any atom is 0.0600 e. The Balaban J connectivity index is 1.63. The number of hydrogen-bond acceptors (Lipinski definition) is 2. The maximum atomic E-state index is 9.72. The molecule has 2 nitrogen and oxygen atoms in total. The Labute approximate surface area is 99.4 Å². The van der Waals surface area contributed by atoms with Crippen LogP contribution in [-0.2, 0) is 4.74 Å². The zero-order valence-corrected chi connectivity index (χ0v) is 10.5. The Bertz CT molecular complexity index is 205. The lowest BCUT2D eigenvalue weighted by Gasteiger charge is -2.29. The summed E-state index contributed by atoms with van der Waals surface area (Å²) in [7, 11) is 0. The normalized spacial score (nSPS) is 40.1. The number of aliphatic hydroxyl groups is 1. The molecule has 0 aromatic carbocycles. The van der Waals surface area contributed by atoms with Gasteiger partial charge in [0.25, 0.3) is 0 Å². The van der Waals surface area contributed by atoms with Crippen LogP contribution in [0.25, 0.3) is 0 Å². The fraction of sp³-hybridized carbons (Fsp3) is 1.00. The lowest BCUT2D eigenvalue weighted by molar-refractivity contribution is -0.0162. The molecule has 2 aliphatic rings. The van der Waals surface area contributed by atoms with Gasteiger partial charge in [0.15, 0.2) is 0 Å². The van der Waals surface area contributed by atoms with Gasteiger partial charge in [0, 0.05) is 6.61 Å². The monoisotopic (exact) mass is 226 g/mol. The summed E-state index contributed by atoms with van der Waals surface area (Å²) in [4.78, 5) is 0. The molecule has 2 saturated carbocycles. The van der Waals surface area contributed by atoms with Crippen molar-refractivity contribution in [2.75, 3.05) is 6.61 Å². The highest BCUT2D eigenvalue weighted by Gasteiger charge is 2.26. The van der Waals surface area contributed by atoms with Crippen molar-refractivity contribution in [2.24, 2.45) is 11.8 Å². The van der Waals surface area contributed by atoms with E-state index in [0.717, 1.165) is 25.4 Å². The standard InChI is InChI=1S/C14H26O2/c1-11-5-2-3-8-14(11)16-10-9-12-6-4-7-13(12)15/h11-15H,2-10H2,1H3. The molecule has 0 radical (unpaired) electrons. The summed E-state index contributed by atoms with van der Waals surface area (Å²) in [5, 5.41) is 9.72. The fourth-order valence-corrected chi connectivity index (χ4v) is 3.25. The van der Waals surface area contributed by atoms with E-state index in [0.29, 0.717) is 12.0 Å². The Hall–Kier alpha value is -0.0800. The predicted molar refractivity (Wildman–Crippen MR) is 65.3 cm³/mol. The second-order valence-corrected chi connectivity index (χ2v) is 5.72. The van der Waals surface area contributed by atoms with E-state index in [1.165, 1.54) is 38.5 Å². The third kappa shape index (κ3) is 3.21. The molecule has 1 N–H and O–H groups in total. The molecule has 4 atom stereocenters. The van der Waals surface area contributed by atoms with Gasteiger partial charge in [-0.25, -0.2) is 0 Å². The zero-order chi connectivity index (χ0) is 11.4. The van der Waals surface area contributed by atoms with E-state index in [9.17, 15) is 5.11 Å². The van der Waals surface area contributed by atoms with Crippen molar-refractivity contribution in [1.29, 1.82) is 0 Å². The van der Waals surface area contributed by atoms with E-state index in [1.807, 2.05) is 0 Å². The van der Waals surface area contributed by atoms with Crippen molar-refractivity contribution in [1.82, 2.24) is 0 Å². The molecule has 4 unspecified atom stereocenters. The van der Waals surface area contributed by atoms with Gasteiger partial charge < -0.3 is 9.84 Å². The van der Waals surface area contributed by atoms with E-state index >= 15 is 0 Å². The number of aliphatic hydroxyl groups excluding tert-OH is 1. The van der Waals surface area contributed by atoms with Crippen LogP contribution < -0.4 is 0 Å².